The maximum absolute atomic E-state index is 14.2. The van der Waals surface area contributed by atoms with E-state index >= 15 is 0 Å². The number of aryl methyl sites for hydroxylation is 1. The highest BCUT2D eigenvalue weighted by Crippen LogP contribution is 2.33. The fraction of sp³-hybridized carbons (Fsp3) is 0.125. The Morgan fingerprint density at radius 2 is 1.95 bits per heavy atom. The third-order valence-corrected chi connectivity index (χ3v) is 3.12. The summed E-state index contributed by atoms with van der Waals surface area (Å²) >= 11 is 0. The zero-order valence-corrected chi connectivity index (χ0v) is 11.9. The van der Waals surface area contributed by atoms with Gasteiger partial charge in [0.2, 0.25) is 5.69 Å². The van der Waals surface area contributed by atoms with Crippen molar-refractivity contribution in [2.24, 2.45) is 0 Å². The van der Waals surface area contributed by atoms with Crippen molar-refractivity contribution in [1.29, 1.82) is 0 Å². The highest BCUT2D eigenvalue weighted by Gasteiger charge is 2.23. The zero-order chi connectivity index (χ0) is 16.3. The molecule has 0 amide bonds. The van der Waals surface area contributed by atoms with E-state index in [1.807, 2.05) is 0 Å². The first kappa shape index (κ1) is 15.4. The summed E-state index contributed by atoms with van der Waals surface area (Å²) in [6.07, 6.45) is 0. The maximum atomic E-state index is 14.2. The van der Waals surface area contributed by atoms with Crippen LogP contribution in [0.15, 0.2) is 30.3 Å². The average Bonchev–Trinajstić information content (AvgIpc) is 2.53. The molecule has 0 aliphatic carbocycles. The normalized spacial score (nSPS) is 9.95. The molecular weight excluding hydrogens is 290 g/mol. The lowest BCUT2D eigenvalue weighted by Gasteiger charge is -2.15. The van der Waals surface area contributed by atoms with Crippen molar-refractivity contribution in [3.05, 3.63) is 64.5 Å². The third kappa shape index (κ3) is 2.74. The van der Waals surface area contributed by atoms with Crippen molar-refractivity contribution < 1.29 is 18.3 Å². The molecule has 112 valence electrons. The molecule has 0 bridgehead atoms. The van der Waals surface area contributed by atoms with E-state index in [1.165, 1.54) is 0 Å². The number of ether oxygens (including phenoxy) is 1. The van der Waals surface area contributed by atoms with Crippen LogP contribution in [0.5, 0.6) is 0 Å². The molecule has 0 spiro atoms. The van der Waals surface area contributed by atoms with E-state index in [-0.39, 0.29) is 11.3 Å². The topological polar surface area (TPSA) is 42.7 Å². The van der Waals surface area contributed by atoms with E-state index in [2.05, 4.69) is 14.9 Å². The number of halogens is 2. The van der Waals surface area contributed by atoms with Crippen LogP contribution >= 0.6 is 0 Å². The Morgan fingerprint density at radius 3 is 2.55 bits per heavy atom. The van der Waals surface area contributed by atoms with Gasteiger partial charge in [-0.1, -0.05) is 18.2 Å². The second-order valence-electron chi connectivity index (χ2n) is 4.49. The van der Waals surface area contributed by atoms with Gasteiger partial charge in [-0.2, -0.15) is 0 Å². The lowest BCUT2D eigenvalue weighted by molar-refractivity contribution is 0.0601. The van der Waals surface area contributed by atoms with Crippen LogP contribution in [-0.4, -0.2) is 13.1 Å². The van der Waals surface area contributed by atoms with Crippen LogP contribution in [0.3, 0.4) is 0 Å². The number of carbonyl (C=O) groups excluding carboxylic acids is 1. The van der Waals surface area contributed by atoms with Gasteiger partial charge < -0.3 is 10.1 Å². The highest BCUT2D eigenvalue weighted by molar-refractivity contribution is 5.98. The quantitative estimate of drug-likeness (QED) is 0.677. The summed E-state index contributed by atoms with van der Waals surface area (Å²) in [6, 6.07) is 7.92. The van der Waals surface area contributed by atoms with Crippen molar-refractivity contribution in [2.45, 2.75) is 6.92 Å². The van der Waals surface area contributed by atoms with Crippen LogP contribution in [0.25, 0.3) is 4.85 Å². The molecular formula is C16H12F2N2O2. The Hall–Kier alpha value is -2.94. The molecule has 0 aromatic heterocycles. The van der Waals surface area contributed by atoms with Crippen LogP contribution in [0, 0.1) is 25.1 Å². The number of rotatable bonds is 3. The summed E-state index contributed by atoms with van der Waals surface area (Å²) in [5.74, 6) is -3.46. The predicted molar refractivity (Wildman–Crippen MR) is 78.4 cm³/mol. The second kappa shape index (κ2) is 6.22. The summed E-state index contributed by atoms with van der Waals surface area (Å²) in [4.78, 5) is 14.7. The molecule has 0 saturated heterocycles. The zero-order valence-electron chi connectivity index (χ0n) is 11.9. The number of nitrogens with zero attached hydrogens (tertiary/aromatic N) is 1. The number of benzene rings is 2. The molecule has 0 fully saturated rings. The summed E-state index contributed by atoms with van der Waals surface area (Å²) in [7, 11) is 1.12. The second-order valence-corrected chi connectivity index (χ2v) is 4.49. The van der Waals surface area contributed by atoms with Gasteiger partial charge in [-0.15, -0.1) is 0 Å². The summed E-state index contributed by atoms with van der Waals surface area (Å²) in [5, 5.41) is 2.70. The van der Waals surface area contributed by atoms with Gasteiger partial charge >= 0.3 is 5.97 Å². The van der Waals surface area contributed by atoms with Crippen LogP contribution in [0.1, 0.15) is 15.9 Å². The average molecular weight is 302 g/mol. The minimum Gasteiger partial charge on any atom is -0.465 e. The Kier molecular flexibility index (Phi) is 4.37. The van der Waals surface area contributed by atoms with Gasteiger partial charge in [0.05, 0.1) is 24.9 Å². The summed E-state index contributed by atoms with van der Waals surface area (Å²) < 4.78 is 32.6. The standard InChI is InChI=1S/C16H12F2N2O2/c1-9-6-4-5-7-11(9)20-15-10(16(21)22-3)8-12(19-2)13(17)14(15)18/h4-8,20H,1,3H3. The molecule has 0 saturated carbocycles. The van der Waals surface area contributed by atoms with Crippen molar-refractivity contribution in [3.8, 4) is 0 Å². The molecule has 0 radical (unpaired) electrons. The van der Waals surface area contributed by atoms with Crippen molar-refractivity contribution in [3.63, 3.8) is 0 Å². The Balaban J connectivity index is 2.64. The lowest BCUT2D eigenvalue weighted by atomic mass is 10.1. The molecule has 0 aliphatic heterocycles. The van der Waals surface area contributed by atoms with Gasteiger partial charge in [0.25, 0.3) is 0 Å². The number of nitrogens with one attached hydrogen (secondary N) is 1. The largest absolute Gasteiger partial charge is 0.465 e. The molecule has 0 atom stereocenters. The first-order chi connectivity index (χ1) is 10.5. The van der Waals surface area contributed by atoms with E-state index in [1.54, 1.807) is 31.2 Å². The Labute approximate surface area is 126 Å². The highest BCUT2D eigenvalue weighted by atomic mass is 19.2. The van der Waals surface area contributed by atoms with E-state index in [0.717, 1.165) is 18.7 Å². The molecule has 6 heteroatoms. The number of anilines is 2. The van der Waals surface area contributed by atoms with Crippen molar-refractivity contribution in [2.75, 3.05) is 12.4 Å². The van der Waals surface area contributed by atoms with E-state index < -0.39 is 23.3 Å². The molecule has 0 heterocycles. The fourth-order valence-electron chi connectivity index (χ4n) is 1.93. The van der Waals surface area contributed by atoms with Gasteiger partial charge in [0.15, 0.2) is 11.6 Å². The number of hydrogen-bond donors (Lipinski definition) is 1. The van der Waals surface area contributed by atoms with Crippen molar-refractivity contribution in [1.82, 2.24) is 0 Å². The number of para-hydroxylation sites is 1. The SMILES string of the molecule is [C-]#[N+]c1cc(C(=O)OC)c(Nc2ccccc2C)c(F)c1F. The number of esters is 1. The van der Waals surface area contributed by atoms with E-state index in [4.69, 9.17) is 6.57 Å². The van der Waals surface area contributed by atoms with Gasteiger partial charge in [-0.05, 0) is 24.6 Å². The van der Waals surface area contributed by atoms with Crippen LogP contribution in [0.2, 0.25) is 0 Å². The first-order valence-corrected chi connectivity index (χ1v) is 6.30. The van der Waals surface area contributed by atoms with Crippen LogP contribution in [0.4, 0.5) is 25.8 Å². The molecule has 0 aliphatic rings. The number of carbonyl (C=O) groups is 1. The maximum Gasteiger partial charge on any atom is 0.338 e. The molecule has 2 rings (SSSR count). The number of hydrogen-bond acceptors (Lipinski definition) is 3. The fourth-order valence-corrected chi connectivity index (χ4v) is 1.93. The molecule has 2 aromatic rings. The number of methoxy groups -OCH3 is 1. The summed E-state index contributed by atoms with van der Waals surface area (Å²) in [5.41, 5.74) is 0.129. The minimum absolute atomic E-state index is 0.240. The molecule has 0 unspecified atom stereocenters. The van der Waals surface area contributed by atoms with Gasteiger partial charge in [-0.3, -0.25) is 0 Å². The van der Waals surface area contributed by atoms with Crippen LogP contribution < -0.4 is 5.32 Å². The van der Waals surface area contributed by atoms with E-state index in [9.17, 15) is 13.6 Å². The van der Waals surface area contributed by atoms with Gasteiger partial charge in [0.1, 0.15) is 0 Å². The summed E-state index contributed by atoms with van der Waals surface area (Å²) in [6.45, 7) is 8.63. The predicted octanol–water partition coefficient (Wildman–Crippen LogP) is 4.35. The molecule has 4 nitrogen and oxygen atoms in total. The van der Waals surface area contributed by atoms with Crippen LogP contribution in [-0.2, 0) is 4.74 Å². The van der Waals surface area contributed by atoms with Gasteiger partial charge in [0, 0.05) is 5.69 Å². The molecule has 2 aromatic carbocycles. The minimum atomic E-state index is -1.31. The Bertz CT molecular complexity index is 782. The monoisotopic (exact) mass is 302 g/mol. The van der Waals surface area contributed by atoms with Crippen molar-refractivity contribution >= 4 is 23.0 Å². The third-order valence-electron chi connectivity index (χ3n) is 3.12. The smallest absolute Gasteiger partial charge is 0.338 e. The first-order valence-electron chi connectivity index (χ1n) is 6.30. The van der Waals surface area contributed by atoms with Gasteiger partial charge in [-0.25, -0.2) is 18.4 Å². The lowest BCUT2D eigenvalue weighted by Crippen LogP contribution is -2.09. The molecule has 1 N–H and O–H groups in total. The van der Waals surface area contributed by atoms with E-state index in [0.29, 0.717) is 5.69 Å². The molecule has 22 heavy (non-hydrogen) atoms. The Morgan fingerprint density at radius 1 is 1.27 bits per heavy atom.